The topological polar surface area (TPSA) is 41.1 Å². The molecule has 1 amide bonds. The lowest BCUT2D eigenvalue weighted by Gasteiger charge is -2.18. The van der Waals surface area contributed by atoms with Crippen molar-refractivity contribution >= 4 is 24.0 Å². The predicted octanol–water partition coefficient (Wildman–Crippen LogP) is 4.13. The van der Waals surface area contributed by atoms with Gasteiger partial charge in [0.05, 0.1) is 0 Å². The van der Waals surface area contributed by atoms with Crippen molar-refractivity contribution in [3.05, 3.63) is 64.7 Å². The van der Waals surface area contributed by atoms with Crippen molar-refractivity contribution in [3.8, 4) is 0 Å². The number of hydrogen-bond acceptors (Lipinski definition) is 2. The predicted molar refractivity (Wildman–Crippen MR) is 97.6 cm³/mol. The molecule has 0 saturated carbocycles. The second-order valence-electron chi connectivity index (χ2n) is 6.14. The van der Waals surface area contributed by atoms with Crippen molar-refractivity contribution in [1.29, 1.82) is 0 Å². The molecule has 0 radical (unpaired) electrons. The number of benzene rings is 2. The summed E-state index contributed by atoms with van der Waals surface area (Å²) in [6.07, 6.45) is 1.06. The minimum Gasteiger partial charge on any atom is -0.322 e. The fourth-order valence-corrected chi connectivity index (χ4v) is 2.78. The van der Waals surface area contributed by atoms with Crippen LogP contribution in [0.15, 0.2) is 42.5 Å². The van der Waals surface area contributed by atoms with Crippen LogP contribution in [0.5, 0.6) is 0 Å². The summed E-state index contributed by atoms with van der Waals surface area (Å²) < 4.78 is 0. The van der Waals surface area contributed by atoms with E-state index in [-0.39, 0.29) is 18.3 Å². The maximum Gasteiger partial charge on any atom is 0.255 e. The van der Waals surface area contributed by atoms with Gasteiger partial charge in [-0.2, -0.15) is 0 Å². The van der Waals surface area contributed by atoms with Crippen LogP contribution in [-0.4, -0.2) is 12.5 Å². The average Bonchev–Trinajstić information content (AvgIpc) is 2.55. The molecule has 2 aromatic rings. The zero-order valence-corrected chi connectivity index (χ0v) is 14.4. The molecule has 1 aliphatic heterocycles. The minimum atomic E-state index is -0.0565. The van der Waals surface area contributed by atoms with Crippen LogP contribution < -0.4 is 10.6 Å². The van der Waals surface area contributed by atoms with Gasteiger partial charge >= 0.3 is 0 Å². The van der Waals surface area contributed by atoms with E-state index in [9.17, 15) is 4.79 Å². The van der Waals surface area contributed by atoms with Crippen molar-refractivity contribution in [2.75, 3.05) is 11.9 Å². The Morgan fingerprint density at radius 2 is 1.83 bits per heavy atom. The molecule has 0 saturated heterocycles. The van der Waals surface area contributed by atoms with E-state index in [0.29, 0.717) is 11.5 Å². The van der Waals surface area contributed by atoms with Crippen LogP contribution in [0.3, 0.4) is 0 Å². The highest BCUT2D eigenvalue weighted by Crippen LogP contribution is 2.20. The first-order valence-electron chi connectivity index (χ1n) is 7.87. The van der Waals surface area contributed by atoms with Crippen LogP contribution >= 0.6 is 12.4 Å². The molecular formula is C19H23ClN2O. The Hall–Kier alpha value is -1.84. The molecule has 0 spiro atoms. The van der Waals surface area contributed by atoms with Crippen molar-refractivity contribution in [2.45, 2.75) is 32.7 Å². The molecule has 0 aliphatic carbocycles. The Balaban J connectivity index is 0.00000192. The molecule has 2 aromatic carbocycles. The van der Waals surface area contributed by atoms with Crippen LogP contribution in [0.1, 0.15) is 46.8 Å². The summed E-state index contributed by atoms with van der Waals surface area (Å²) in [7, 11) is 0. The second-order valence-corrected chi connectivity index (χ2v) is 6.14. The number of halogens is 1. The maximum absolute atomic E-state index is 12.3. The largest absolute Gasteiger partial charge is 0.322 e. The number of rotatable bonds is 3. The van der Waals surface area contributed by atoms with Gasteiger partial charge in [-0.1, -0.05) is 32.0 Å². The monoisotopic (exact) mass is 330 g/mol. The molecule has 0 bridgehead atoms. The maximum atomic E-state index is 12.3. The number of hydrogen-bond donors (Lipinski definition) is 2. The third kappa shape index (κ3) is 4.12. The lowest BCUT2D eigenvalue weighted by atomic mass is 10.00. The van der Waals surface area contributed by atoms with Crippen molar-refractivity contribution < 1.29 is 4.79 Å². The summed E-state index contributed by atoms with van der Waals surface area (Å²) in [6, 6.07) is 14.0. The second kappa shape index (κ2) is 7.62. The smallest absolute Gasteiger partial charge is 0.255 e. The average molecular weight is 331 g/mol. The molecule has 1 aliphatic rings. The van der Waals surface area contributed by atoms with Gasteiger partial charge in [0.1, 0.15) is 0 Å². The zero-order chi connectivity index (χ0) is 15.5. The van der Waals surface area contributed by atoms with Crippen LogP contribution in [0.2, 0.25) is 0 Å². The summed E-state index contributed by atoms with van der Waals surface area (Å²) in [5, 5.41) is 6.35. The number of fused-ring (bicyclic) bond motifs is 1. The molecule has 3 rings (SSSR count). The summed E-state index contributed by atoms with van der Waals surface area (Å²) in [4.78, 5) is 12.3. The standard InChI is InChI=1S/C19H22N2O.ClH/c1-13(2)14-3-5-16(6-4-14)19(22)21-18-8-7-15-9-10-20-12-17(15)11-18;/h3-8,11,13,20H,9-10,12H2,1-2H3,(H,21,22);1H. The Bertz CT molecular complexity index is 680. The molecule has 1 heterocycles. The van der Waals surface area contributed by atoms with E-state index in [1.807, 2.05) is 30.3 Å². The van der Waals surface area contributed by atoms with Crippen LogP contribution in [0, 0.1) is 0 Å². The molecule has 0 unspecified atom stereocenters. The van der Waals surface area contributed by atoms with Gasteiger partial charge in [0.25, 0.3) is 5.91 Å². The zero-order valence-electron chi connectivity index (χ0n) is 13.6. The third-order valence-corrected chi connectivity index (χ3v) is 4.19. The summed E-state index contributed by atoms with van der Waals surface area (Å²) >= 11 is 0. The van der Waals surface area contributed by atoms with Gasteiger partial charge in [0, 0.05) is 17.8 Å². The Morgan fingerprint density at radius 3 is 2.52 bits per heavy atom. The summed E-state index contributed by atoms with van der Waals surface area (Å²) in [6.45, 7) is 6.20. The summed E-state index contributed by atoms with van der Waals surface area (Å²) in [5.74, 6) is 0.421. The van der Waals surface area contributed by atoms with Gasteiger partial charge in [0.15, 0.2) is 0 Å². The van der Waals surface area contributed by atoms with E-state index in [4.69, 9.17) is 0 Å². The number of amides is 1. The van der Waals surface area contributed by atoms with Gasteiger partial charge in [0.2, 0.25) is 0 Å². The van der Waals surface area contributed by atoms with Crippen molar-refractivity contribution in [2.24, 2.45) is 0 Å². The Morgan fingerprint density at radius 1 is 1.09 bits per heavy atom. The first-order valence-corrected chi connectivity index (χ1v) is 7.87. The summed E-state index contributed by atoms with van der Waals surface area (Å²) in [5.41, 5.74) is 5.45. The van der Waals surface area contributed by atoms with Crippen LogP contribution in [0.4, 0.5) is 5.69 Å². The lowest BCUT2D eigenvalue weighted by Crippen LogP contribution is -2.23. The molecule has 0 aromatic heterocycles. The molecule has 2 N–H and O–H groups in total. The highest BCUT2D eigenvalue weighted by molar-refractivity contribution is 6.04. The Kier molecular flexibility index (Phi) is 5.80. The number of carbonyl (C=O) groups is 1. The fraction of sp³-hybridized carbons (Fsp3) is 0.316. The van der Waals surface area contributed by atoms with E-state index in [1.54, 1.807) is 0 Å². The van der Waals surface area contributed by atoms with Gasteiger partial charge in [-0.3, -0.25) is 4.79 Å². The number of carbonyl (C=O) groups excluding carboxylic acids is 1. The van der Waals surface area contributed by atoms with E-state index >= 15 is 0 Å². The van der Waals surface area contributed by atoms with Crippen LogP contribution in [-0.2, 0) is 13.0 Å². The highest BCUT2D eigenvalue weighted by atomic mass is 35.5. The lowest BCUT2D eigenvalue weighted by molar-refractivity contribution is 0.102. The quantitative estimate of drug-likeness (QED) is 0.888. The normalized spacial score (nSPS) is 13.2. The number of anilines is 1. The molecule has 23 heavy (non-hydrogen) atoms. The molecule has 122 valence electrons. The molecular weight excluding hydrogens is 308 g/mol. The van der Waals surface area contributed by atoms with Gasteiger partial charge < -0.3 is 10.6 Å². The minimum absolute atomic E-state index is 0. The SMILES string of the molecule is CC(C)c1ccc(C(=O)Nc2ccc3c(c2)CNCC3)cc1.Cl. The van der Waals surface area contributed by atoms with Crippen molar-refractivity contribution in [1.82, 2.24) is 5.32 Å². The first-order chi connectivity index (χ1) is 10.6. The highest BCUT2D eigenvalue weighted by Gasteiger charge is 2.11. The van der Waals surface area contributed by atoms with E-state index in [2.05, 4.69) is 36.6 Å². The van der Waals surface area contributed by atoms with Crippen molar-refractivity contribution in [3.63, 3.8) is 0 Å². The number of nitrogens with one attached hydrogen (secondary N) is 2. The third-order valence-electron chi connectivity index (χ3n) is 4.19. The first kappa shape index (κ1) is 17.5. The molecule has 0 atom stereocenters. The van der Waals surface area contributed by atoms with E-state index < -0.39 is 0 Å². The van der Waals surface area contributed by atoms with E-state index in [1.165, 1.54) is 16.7 Å². The fourth-order valence-electron chi connectivity index (χ4n) is 2.78. The van der Waals surface area contributed by atoms with E-state index in [0.717, 1.165) is 25.2 Å². The Labute approximate surface area is 143 Å². The van der Waals surface area contributed by atoms with Gasteiger partial charge in [-0.25, -0.2) is 0 Å². The van der Waals surface area contributed by atoms with Gasteiger partial charge in [-0.15, -0.1) is 12.4 Å². The molecule has 3 nitrogen and oxygen atoms in total. The molecule has 0 fully saturated rings. The van der Waals surface area contributed by atoms with Crippen LogP contribution in [0.25, 0.3) is 0 Å². The molecule has 4 heteroatoms. The van der Waals surface area contributed by atoms with Gasteiger partial charge in [-0.05, 0) is 59.8 Å².